The van der Waals surface area contributed by atoms with Gasteiger partial charge < -0.3 is 15.2 Å². The number of pyridine rings is 1. The Kier molecular flexibility index (Phi) is 5.27. The molecule has 27 heavy (non-hydrogen) atoms. The third-order valence-electron chi connectivity index (χ3n) is 4.01. The van der Waals surface area contributed by atoms with Crippen LogP contribution in [0.3, 0.4) is 0 Å². The number of hydrogen-bond donors (Lipinski definition) is 2. The van der Waals surface area contributed by atoms with Crippen LogP contribution in [0.15, 0.2) is 42.7 Å². The lowest BCUT2D eigenvalue weighted by Gasteiger charge is -2.11. The average Bonchev–Trinajstić information content (AvgIpc) is 2.96. The summed E-state index contributed by atoms with van der Waals surface area (Å²) in [5, 5.41) is 6.29. The molecule has 142 valence electrons. The van der Waals surface area contributed by atoms with E-state index in [1.807, 2.05) is 35.9 Å². The van der Waals surface area contributed by atoms with Crippen LogP contribution in [-0.4, -0.2) is 28.5 Å². The summed E-state index contributed by atoms with van der Waals surface area (Å²) in [5.41, 5.74) is 0.586. The molecule has 5 nitrogen and oxygen atoms in total. The van der Waals surface area contributed by atoms with E-state index in [2.05, 4.69) is 15.6 Å². The maximum Gasteiger partial charge on any atom is 0.417 e. The molecule has 0 fully saturated rings. The van der Waals surface area contributed by atoms with Gasteiger partial charge >= 0.3 is 6.18 Å². The number of amides is 1. The van der Waals surface area contributed by atoms with Crippen LogP contribution < -0.4 is 10.6 Å². The van der Waals surface area contributed by atoms with Crippen molar-refractivity contribution in [3.05, 3.63) is 58.9 Å². The molecule has 2 heterocycles. The van der Waals surface area contributed by atoms with Crippen molar-refractivity contribution < 1.29 is 18.0 Å². The number of hydrogen-bond acceptors (Lipinski definition) is 3. The summed E-state index contributed by atoms with van der Waals surface area (Å²) in [6.45, 7) is 0.510. The Morgan fingerprint density at radius 3 is 2.70 bits per heavy atom. The van der Waals surface area contributed by atoms with E-state index in [4.69, 9.17) is 11.6 Å². The minimum Gasteiger partial charge on any atom is -0.367 e. The van der Waals surface area contributed by atoms with Gasteiger partial charge in [0.25, 0.3) is 5.91 Å². The van der Waals surface area contributed by atoms with E-state index in [0.717, 1.165) is 17.0 Å². The van der Waals surface area contributed by atoms with Crippen molar-refractivity contribution in [1.82, 2.24) is 14.9 Å². The van der Waals surface area contributed by atoms with Gasteiger partial charge in [-0.25, -0.2) is 4.98 Å². The first-order valence-corrected chi connectivity index (χ1v) is 8.44. The van der Waals surface area contributed by atoms with Crippen LogP contribution in [0.5, 0.6) is 0 Å². The highest BCUT2D eigenvalue weighted by molar-refractivity contribution is 6.32. The molecule has 0 aliphatic carbocycles. The number of nitrogens with zero attached hydrogens (tertiary/aromatic N) is 2. The van der Waals surface area contributed by atoms with E-state index >= 15 is 0 Å². The third-order valence-corrected chi connectivity index (χ3v) is 4.30. The molecule has 0 unspecified atom stereocenters. The SMILES string of the molecule is Cn1cc(C(=O)NCCNc2ncc(C(F)(F)F)cc2Cl)c2ccccc21. The molecule has 3 rings (SSSR count). The number of carbonyl (C=O) groups is 1. The molecule has 0 saturated carbocycles. The first-order valence-electron chi connectivity index (χ1n) is 8.06. The minimum atomic E-state index is -4.50. The topological polar surface area (TPSA) is 59.0 Å². The number of benzene rings is 1. The first-order chi connectivity index (χ1) is 12.8. The number of para-hydroxylation sites is 1. The van der Waals surface area contributed by atoms with Crippen molar-refractivity contribution in [1.29, 1.82) is 0 Å². The molecule has 0 aliphatic rings. The number of aryl methyl sites for hydroxylation is 1. The van der Waals surface area contributed by atoms with E-state index in [1.165, 1.54) is 0 Å². The lowest BCUT2D eigenvalue weighted by atomic mass is 10.1. The Bertz CT molecular complexity index is 984. The van der Waals surface area contributed by atoms with Crippen LogP contribution in [0, 0.1) is 0 Å². The number of fused-ring (bicyclic) bond motifs is 1. The summed E-state index contributed by atoms with van der Waals surface area (Å²) in [5.74, 6) is -0.107. The molecule has 0 atom stereocenters. The van der Waals surface area contributed by atoms with Gasteiger partial charge in [0, 0.05) is 43.4 Å². The summed E-state index contributed by atoms with van der Waals surface area (Å²) >= 11 is 5.83. The normalized spacial score (nSPS) is 11.6. The maximum atomic E-state index is 12.6. The zero-order valence-corrected chi connectivity index (χ0v) is 15.0. The largest absolute Gasteiger partial charge is 0.417 e. The quantitative estimate of drug-likeness (QED) is 0.639. The maximum absolute atomic E-state index is 12.6. The predicted molar refractivity (Wildman–Crippen MR) is 98.0 cm³/mol. The molecule has 1 amide bonds. The molecule has 0 saturated heterocycles. The van der Waals surface area contributed by atoms with Gasteiger partial charge in [0.05, 0.1) is 16.1 Å². The molecule has 0 spiro atoms. The third kappa shape index (κ3) is 4.16. The Labute approximate surface area is 158 Å². The number of aromatic nitrogens is 2. The Morgan fingerprint density at radius 2 is 2.00 bits per heavy atom. The highest BCUT2D eigenvalue weighted by atomic mass is 35.5. The molecule has 0 bridgehead atoms. The summed E-state index contributed by atoms with van der Waals surface area (Å²) in [4.78, 5) is 16.1. The minimum absolute atomic E-state index is 0.129. The zero-order chi connectivity index (χ0) is 19.6. The number of rotatable bonds is 5. The monoisotopic (exact) mass is 396 g/mol. The van der Waals surface area contributed by atoms with Crippen LogP contribution in [0.2, 0.25) is 5.02 Å². The predicted octanol–water partition coefficient (Wildman–Crippen LogP) is 4.09. The highest BCUT2D eigenvalue weighted by Gasteiger charge is 2.31. The van der Waals surface area contributed by atoms with Crippen molar-refractivity contribution in [3.8, 4) is 0 Å². The molecule has 2 aromatic heterocycles. The molecule has 2 N–H and O–H groups in total. The lowest BCUT2D eigenvalue weighted by molar-refractivity contribution is -0.137. The van der Waals surface area contributed by atoms with Gasteiger partial charge in [-0.05, 0) is 12.1 Å². The van der Waals surface area contributed by atoms with E-state index < -0.39 is 11.7 Å². The summed E-state index contributed by atoms with van der Waals surface area (Å²) in [6.07, 6.45) is -2.04. The molecule has 3 aromatic rings. The lowest BCUT2D eigenvalue weighted by Crippen LogP contribution is -2.28. The number of anilines is 1. The standard InChI is InChI=1S/C18H16ClF3N4O/c1-26-10-13(12-4-2-3-5-15(12)26)17(27)24-7-6-23-16-14(19)8-11(9-25-16)18(20,21)22/h2-5,8-10H,6-7H2,1H3,(H,23,25)(H,24,27). The van der Waals surface area contributed by atoms with Crippen molar-refractivity contribution in [3.63, 3.8) is 0 Å². The van der Waals surface area contributed by atoms with Gasteiger partial charge in [-0.15, -0.1) is 0 Å². The summed E-state index contributed by atoms with van der Waals surface area (Å²) < 4.78 is 39.7. The Hall–Kier alpha value is -2.74. The molecule has 9 heteroatoms. The fourth-order valence-electron chi connectivity index (χ4n) is 2.70. The van der Waals surface area contributed by atoms with Gasteiger partial charge in [0.1, 0.15) is 5.82 Å². The number of nitrogens with one attached hydrogen (secondary N) is 2. The van der Waals surface area contributed by atoms with E-state index in [1.54, 1.807) is 6.20 Å². The second kappa shape index (κ2) is 7.48. The molecular weight excluding hydrogens is 381 g/mol. The van der Waals surface area contributed by atoms with Crippen LogP contribution in [0.4, 0.5) is 19.0 Å². The van der Waals surface area contributed by atoms with Crippen LogP contribution >= 0.6 is 11.6 Å². The van der Waals surface area contributed by atoms with Crippen molar-refractivity contribution in [2.75, 3.05) is 18.4 Å². The van der Waals surface area contributed by atoms with E-state index in [-0.39, 0.29) is 29.8 Å². The fraction of sp³-hybridized carbons (Fsp3) is 0.222. The number of halogens is 4. The molecule has 0 aliphatic heterocycles. The number of carbonyl (C=O) groups excluding carboxylic acids is 1. The first kappa shape index (κ1) is 19.0. The second-order valence-corrected chi connectivity index (χ2v) is 6.31. The van der Waals surface area contributed by atoms with Gasteiger partial charge in [-0.2, -0.15) is 13.2 Å². The molecule has 0 radical (unpaired) electrons. The highest BCUT2D eigenvalue weighted by Crippen LogP contribution is 2.32. The van der Waals surface area contributed by atoms with Crippen LogP contribution in [0.25, 0.3) is 10.9 Å². The van der Waals surface area contributed by atoms with Crippen molar-refractivity contribution in [2.24, 2.45) is 7.05 Å². The number of alkyl halides is 3. The van der Waals surface area contributed by atoms with Crippen molar-refractivity contribution >= 4 is 34.2 Å². The average molecular weight is 397 g/mol. The fourth-order valence-corrected chi connectivity index (χ4v) is 2.93. The van der Waals surface area contributed by atoms with Crippen LogP contribution in [-0.2, 0) is 13.2 Å². The van der Waals surface area contributed by atoms with E-state index in [0.29, 0.717) is 11.8 Å². The smallest absolute Gasteiger partial charge is 0.367 e. The van der Waals surface area contributed by atoms with Gasteiger partial charge in [-0.1, -0.05) is 29.8 Å². The molecular formula is C18H16ClF3N4O. The summed E-state index contributed by atoms with van der Waals surface area (Å²) in [6, 6.07) is 8.36. The van der Waals surface area contributed by atoms with Crippen molar-refractivity contribution in [2.45, 2.75) is 6.18 Å². The van der Waals surface area contributed by atoms with Crippen LogP contribution in [0.1, 0.15) is 15.9 Å². The van der Waals surface area contributed by atoms with Gasteiger partial charge in [0.15, 0.2) is 0 Å². The Morgan fingerprint density at radius 1 is 1.26 bits per heavy atom. The van der Waals surface area contributed by atoms with Gasteiger partial charge in [0.2, 0.25) is 0 Å². The summed E-state index contributed by atoms with van der Waals surface area (Å²) in [7, 11) is 1.86. The zero-order valence-electron chi connectivity index (χ0n) is 14.3. The Balaban J connectivity index is 1.58. The van der Waals surface area contributed by atoms with E-state index in [9.17, 15) is 18.0 Å². The second-order valence-electron chi connectivity index (χ2n) is 5.91. The van der Waals surface area contributed by atoms with Gasteiger partial charge in [-0.3, -0.25) is 4.79 Å². The molecule has 1 aromatic carbocycles.